The first-order valence-electron chi connectivity index (χ1n) is 7.26. The van der Waals surface area contributed by atoms with Crippen LogP contribution in [0.4, 0.5) is 0 Å². The van der Waals surface area contributed by atoms with Crippen LogP contribution >= 0.6 is 0 Å². The summed E-state index contributed by atoms with van der Waals surface area (Å²) in [5, 5.41) is 2.96. The highest BCUT2D eigenvalue weighted by Gasteiger charge is 2.16. The number of nitrogens with one attached hydrogen (secondary N) is 1. The van der Waals surface area contributed by atoms with Crippen LogP contribution in [0.3, 0.4) is 0 Å². The minimum atomic E-state index is -0.208. The second-order valence-electron chi connectivity index (χ2n) is 5.04. The first-order valence-corrected chi connectivity index (χ1v) is 7.26. The van der Waals surface area contributed by atoms with Crippen molar-refractivity contribution in [2.24, 2.45) is 0 Å². The van der Waals surface area contributed by atoms with Gasteiger partial charge in [0, 0.05) is 17.2 Å². The molecular weight excluding hydrogens is 294 g/mol. The molecule has 0 saturated heterocycles. The second kappa shape index (κ2) is 7.54. The molecule has 2 rings (SSSR count). The van der Waals surface area contributed by atoms with E-state index < -0.39 is 0 Å². The standard InChI is InChI=1S/C18H21NO4/c1-12(16-7-5-6-8-17(16)23-4)19-18(20)13-9-14(21-2)11-15(10-13)22-3/h5-12H,1-4H3,(H,19,20)/t12-/m0/s1. The van der Waals surface area contributed by atoms with Gasteiger partial charge in [-0.2, -0.15) is 0 Å². The van der Waals surface area contributed by atoms with Gasteiger partial charge >= 0.3 is 0 Å². The third-order valence-electron chi connectivity index (χ3n) is 3.57. The highest BCUT2D eigenvalue weighted by molar-refractivity contribution is 5.95. The van der Waals surface area contributed by atoms with Crippen molar-refractivity contribution in [3.8, 4) is 17.2 Å². The fourth-order valence-corrected chi connectivity index (χ4v) is 2.32. The third-order valence-corrected chi connectivity index (χ3v) is 3.57. The number of hydrogen-bond acceptors (Lipinski definition) is 4. The van der Waals surface area contributed by atoms with Crippen LogP contribution < -0.4 is 19.5 Å². The van der Waals surface area contributed by atoms with Crippen LogP contribution in [0.15, 0.2) is 42.5 Å². The van der Waals surface area contributed by atoms with E-state index in [-0.39, 0.29) is 11.9 Å². The number of ether oxygens (including phenoxy) is 3. The monoisotopic (exact) mass is 315 g/mol. The minimum Gasteiger partial charge on any atom is -0.497 e. The summed E-state index contributed by atoms with van der Waals surface area (Å²) in [6.45, 7) is 1.91. The fourth-order valence-electron chi connectivity index (χ4n) is 2.32. The summed E-state index contributed by atoms with van der Waals surface area (Å²) in [5.74, 6) is 1.67. The Morgan fingerprint density at radius 3 is 2.13 bits per heavy atom. The second-order valence-corrected chi connectivity index (χ2v) is 5.04. The number of amides is 1. The molecule has 0 aliphatic heterocycles. The van der Waals surface area contributed by atoms with E-state index in [9.17, 15) is 4.79 Å². The Morgan fingerprint density at radius 1 is 0.957 bits per heavy atom. The highest BCUT2D eigenvalue weighted by Crippen LogP contribution is 2.26. The van der Waals surface area contributed by atoms with Crippen LogP contribution in [0.25, 0.3) is 0 Å². The maximum absolute atomic E-state index is 12.5. The number of methoxy groups -OCH3 is 3. The molecule has 122 valence electrons. The molecule has 0 saturated carbocycles. The first kappa shape index (κ1) is 16.7. The van der Waals surface area contributed by atoms with Crippen LogP contribution in [0, 0.1) is 0 Å². The Labute approximate surface area is 136 Å². The van der Waals surface area contributed by atoms with Gasteiger partial charge in [-0.3, -0.25) is 4.79 Å². The molecule has 0 bridgehead atoms. The zero-order chi connectivity index (χ0) is 16.8. The van der Waals surface area contributed by atoms with Gasteiger partial charge in [0.15, 0.2) is 0 Å². The topological polar surface area (TPSA) is 56.8 Å². The Bertz CT molecular complexity index is 662. The van der Waals surface area contributed by atoms with E-state index in [1.54, 1.807) is 39.5 Å². The number of hydrogen-bond donors (Lipinski definition) is 1. The zero-order valence-corrected chi connectivity index (χ0v) is 13.8. The van der Waals surface area contributed by atoms with Crippen molar-refractivity contribution in [3.63, 3.8) is 0 Å². The molecule has 5 heteroatoms. The average molecular weight is 315 g/mol. The normalized spacial score (nSPS) is 11.5. The molecule has 0 aliphatic carbocycles. The van der Waals surface area contributed by atoms with E-state index in [4.69, 9.17) is 14.2 Å². The van der Waals surface area contributed by atoms with Crippen molar-refractivity contribution < 1.29 is 19.0 Å². The summed E-state index contributed by atoms with van der Waals surface area (Å²) in [6, 6.07) is 12.5. The van der Waals surface area contributed by atoms with Crippen LogP contribution in [0.2, 0.25) is 0 Å². The van der Waals surface area contributed by atoms with Gasteiger partial charge in [-0.15, -0.1) is 0 Å². The van der Waals surface area contributed by atoms with Crippen molar-refractivity contribution >= 4 is 5.91 Å². The Morgan fingerprint density at radius 2 is 1.57 bits per heavy atom. The minimum absolute atomic E-state index is 0.198. The smallest absolute Gasteiger partial charge is 0.252 e. The van der Waals surface area contributed by atoms with Gasteiger partial charge in [-0.1, -0.05) is 18.2 Å². The molecule has 1 amide bonds. The quantitative estimate of drug-likeness (QED) is 0.889. The molecule has 0 aromatic heterocycles. The van der Waals surface area contributed by atoms with Crippen molar-refractivity contribution in [2.45, 2.75) is 13.0 Å². The van der Waals surface area contributed by atoms with Gasteiger partial charge in [-0.05, 0) is 25.1 Å². The van der Waals surface area contributed by atoms with E-state index in [1.807, 2.05) is 31.2 Å². The summed E-state index contributed by atoms with van der Waals surface area (Å²) < 4.78 is 15.7. The number of para-hydroxylation sites is 1. The molecule has 5 nitrogen and oxygen atoms in total. The van der Waals surface area contributed by atoms with E-state index in [0.29, 0.717) is 17.1 Å². The summed E-state index contributed by atoms with van der Waals surface area (Å²) in [7, 11) is 4.71. The molecule has 0 aliphatic rings. The van der Waals surface area contributed by atoms with Gasteiger partial charge in [0.1, 0.15) is 17.2 Å². The molecule has 0 spiro atoms. The van der Waals surface area contributed by atoms with Crippen molar-refractivity contribution in [3.05, 3.63) is 53.6 Å². The fraction of sp³-hybridized carbons (Fsp3) is 0.278. The van der Waals surface area contributed by atoms with E-state index in [1.165, 1.54) is 0 Å². The van der Waals surface area contributed by atoms with Crippen LogP contribution in [-0.2, 0) is 0 Å². The van der Waals surface area contributed by atoms with Crippen molar-refractivity contribution in [1.82, 2.24) is 5.32 Å². The molecule has 23 heavy (non-hydrogen) atoms. The van der Waals surface area contributed by atoms with Gasteiger partial charge in [0.2, 0.25) is 0 Å². The van der Waals surface area contributed by atoms with Gasteiger partial charge in [0.25, 0.3) is 5.91 Å². The van der Waals surface area contributed by atoms with E-state index in [2.05, 4.69) is 5.32 Å². The molecule has 0 radical (unpaired) electrons. The lowest BCUT2D eigenvalue weighted by Gasteiger charge is -2.17. The Kier molecular flexibility index (Phi) is 5.46. The molecular formula is C18H21NO4. The average Bonchev–Trinajstić information content (AvgIpc) is 2.60. The maximum atomic E-state index is 12.5. The lowest BCUT2D eigenvalue weighted by Crippen LogP contribution is -2.27. The number of benzene rings is 2. The molecule has 0 unspecified atom stereocenters. The predicted molar refractivity (Wildman–Crippen MR) is 88.4 cm³/mol. The van der Waals surface area contributed by atoms with Gasteiger partial charge in [-0.25, -0.2) is 0 Å². The van der Waals surface area contributed by atoms with Crippen LogP contribution in [-0.4, -0.2) is 27.2 Å². The molecule has 2 aromatic rings. The van der Waals surface area contributed by atoms with Gasteiger partial charge in [0.05, 0.1) is 27.4 Å². The Balaban J connectivity index is 2.21. The third kappa shape index (κ3) is 3.94. The molecule has 1 N–H and O–H groups in total. The highest BCUT2D eigenvalue weighted by atomic mass is 16.5. The molecule has 0 heterocycles. The van der Waals surface area contributed by atoms with Crippen molar-refractivity contribution in [1.29, 1.82) is 0 Å². The summed E-state index contributed by atoms with van der Waals surface area (Å²) in [5.41, 5.74) is 1.39. The largest absolute Gasteiger partial charge is 0.497 e. The Hall–Kier alpha value is -2.69. The SMILES string of the molecule is COc1cc(OC)cc(C(=O)N[C@@H](C)c2ccccc2OC)c1. The van der Waals surface area contributed by atoms with E-state index >= 15 is 0 Å². The first-order chi connectivity index (χ1) is 11.1. The lowest BCUT2D eigenvalue weighted by atomic mass is 10.1. The van der Waals surface area contributed by atoms with Crippen molar-refractivity contribution in [2.75, 3.05) is 21.3 Å². The summed E-state index contributed by atoms with van der Waals surface area (Å²) in [6.07, 6.45) is 0. The number of rotatable bonds is 6. The zero-order valence-electron chi connectivity index (χ0n) is 13.8. The molecule has 1 atom stereocenters. The molecule has 0 fully saturated rings. The van der Waals surface area contributed by atoms with Gasteiger partial charge < -0.3 is 19.5 Å². The number of carbonyl (C=O) groups is 1. The maximum Gasteiger partial charge on any atom is 0.252 e. The summed E-state index contributed by atoms with van der Waals surface area (Å²) in [4.78, 5) is 12.5. The summed E-state index contributed by atoms with van der Waals surface area (Å²) >= 11 is 0. The number of carbonyl (C=O) groups excluding carboxylic acids is 1. The molecule has 2 aromatic carbocycles. The van der Waals surface area contributed by atoms with E-state index in [0.717, 1.165) is 11.3 Å². The van der Waals surface area contributed by atoms with Crippen LogP contribution in [0.5, 0.6) is 17.2 Å². The van der Waals surface area contributed by atoms with Crippen LogP contribution in [0.1, 0.15) is 28.9 Å². The lowest BCUT2D eigenvalue weighted by molar-refractivity contribution is 0.0939. The predicted octanol–water partition coefficient (Wildman–Crippen LogP) is 3.20.